The lowest BCUT2D eigenvalue weighted by molar-refractivity contribution is 0.499. The lowest BCUT2D eigenvalue weighted by Crippen LogP contribution is -2.21. The van der Waals surface area contributed by atoms with E-state index < -0.39 is 0 Å². The van der Waals surface area contributed by atoms with Crippen molar-refractivity contribution in [2.75, 3.05) is 12.8 Å². The van der Waals surface area contributed by atoms with E-state index in [9.17, 15) is 0 Å². The van der Waals surface area contributed by atoms with Gasteiger partial charge < -0.3 is 5.32 Å². The zero-order chi connectivity index (χ0) is 10.7. The number of hydrogen-bond acceptors (Lipinski definition) is 2. The Morgan fingerprint density at radius 3 is 2.47 bits per heavy atom. The van der Waals surface area contributed by atoms with Crippen LogP contribution in [0.15, 0.2) is 29.2 Å². The van der Waals surface area contributed by atoms with Crippen molar-refractivity contribution in [2.24, 2.45) is 5.41 Å². The molecule has 0 radical (unpaired) electrons. The first-order valence-corrected chi connectivity index (χ1v) is 6.78. The Labute approximate surface area is 96.7 Å². The number of rotatable bonds is 5. The van der Waals surface area contributed by atoms with Crippen molar-refractivity contribution >= 4 is 11.8 Å². The molecule has 2 rings (SSSR count). The summed E-state index contributed by atoms with van der Waals surface area (Å²) in [5.74, 6) is 0. The fraction of sp³-hybridized carbons (Fsp3) is 0.538. The van der Waals surface area contributed by atoms with Crippen LogP contribution >= 0.6 is 11.8 Å². The molecule has 0 heterocycles. The van der Waals surface area contributed by atoms with E-state index in [0.29, 0.717) is 5.41 Å². The van der Waals surface area contributed by atoms with Crippen LogP contribution < -0.4 is 5.32 Å². The molecular weight excluding hydrogens is 202 g/mol. The minimum absolute atomic E-state index is 0.610. The molecule has 0 saturated heterocycles. The number of thioether (sulfide) groups is 1. The van der Waals surface area contributed by atoms with E-state index in [4.69, 9.17) is 0 Å². The Morgan fingerprint density at radius 1 is 1.27 bits per heavy atom. The van der Waals surface area contributed by atoms with Crippen molar-refractivity contribution in [3.63, 3.8) is 0 Å². The van der Waals surface area contributed by atoms with Gasteiger partial charge in [-0.15, -0.1) is 11.8 Å². The predicted molar refractivity (Wildman–Crippen MR) is 67.3 cm³/mol. The van der Waals surface area contributed by atoms with Gasteiger partial charge in [0.05, 0.1) is 0 Å². The summed E-state index contributed by atoms with van der Waals surface area (Å²) >= 11 is 1.80. The average Bonchev–Trinajstić information content (AvgIpc) is 2.98. The minimum Gasteiger partial charge on any atom is -0.312 e. The third-order valence-electron chi connectivity index (χ3n) is 3.14. The highest BCUT2D eigenvalue weighted by Crippen LogP contribution is 2.44. The normalized spacial score (nSPS) is 17.7. The van der Waals surface area contributed by atoms with E-state index in [1.54, 1.807) is 11.8 Å². The van der Waals surface area contributed by atoms with E-state index in [1.807, 2.05) is 0 Å². The Balaban J connectivity index is 1.77. The Bertz CT molecular complexity index is 314. The van der Waals surface area contributed by atoms with Crippen molar-refractivity contribution in [2.45, 2.75) is 31.2 Å². The molecule has 1 fully saturated rings. The molecule has 0 spiro atoms. The van der Waals surface area contributed by atoms with Crippen LogP contribution in [-0.4, -0.2) is 12.8 Å². The van der Waals surface area contributed by atoms with Crippen LogP contribution in [-0.2, 0) is 6.54 Å². The van der Waals surface area contributed by atoms with Crippen molar-refractivity contribution < 1.29 is 0 Å². The molecule has 1 N–H and O–H groups in total. The molecule has 15 heavy (non-hydrogen) atoms. The van der Waals surface area contributed by atoms with Crippen molar-refractivity contribution in [1.82, 2.24) is 5.32 Å². The second kappa shape index (κ2) is 4.58. The van der Waals surface area contributed by atoms with E-state index in [0.717, 1.165) is 13.1 Å². The summed E-state index contributed by atoms with van der Waals surface area (Å²) in [5.41, 5.74) is 2.00. The second-order valence-electron chi connectivity index (χ2n) is 4.76. The summed E-state index contributed by atoms with van der Waals surface area (Å²) in [7, 11) is 0. The van der Waals surface area contributed by atoms with Gasteiger partial charge in [0.2, 0.25) is 0 Å². The molecular formula is C13H19NS. The standard InChI is InChI=1S/C13H19NS/c1-13(7-8-13)10-14-9-11-3-5-12(15-2)6-4-11/h3-6,14H,7-10H2,1-2H3. The number of hydrogen-bond donors (Lipinski definition) is 1. The second-order valence-corrected chi connectivity index (χ2v) is 5.64. The molecule has 1 saturated carbocycles. The third-order valence-corrected chi connectivity index (χ3v) is 3.89. The first-order chi connectivity index (χ1) is 7.22. The highest BCUT2D eigenvalue weighted by Gasteiger charge is 2.36. The highest BCUT2D eigenvalue weighted by molar-refractivity contribution is 7.98. The SMILES string of the molecule is CSc1ccc(CNCC2(C)CC2)cc1. The van der Waals surface area contributed by atoms with Crippen LogP contribution in [0.3, 0.4) is 0 Å². The summed E-state index contributed by atoms with van der Waals surface area (Å²) in [6.07, 6.45) is 4.90. The van der Waals surface area contributed by atoms with Crippen LogP contribution in [0.5, 0.6) is 0 Å². The first-order valence-electron chi connectivity index (χ1n) is 5.56. The Hall–Kier alpha value is -0.470. The van der Waals surface area contributed by atoms with Gasteiger partial charge in [-0.1, -0.05) is 19.1 Å². The topological polar surface area (TPSA) is 12.0 Å². The third kappa shape index (κ3) is 3.25. The Morgan fingerprint density at radius 2 is 1.93 bits per heavy atom. The van der Waals surface area contributed by atoms with Gasteiger partial charge in [0.15, 0.2) is 0 Å². The molecule has 1 aromatic rings. The van der Waals surface area contributed by atoms with E-state index in [1.165, 1.54) is 23.3 Å². The van der Waals surface area contributed by atoms with E-state index >= 15 is 0 Å². The minimum atomic E-state index is 0.610. The molecule has 82 valence electrons. The maximum Gasteiger partial charge on any atom is 0.0205 e. The first kappa shape index (κ1) is 11.0. The maximum atomic E-state index is 3.53. The molecule has 0 atom stereocenters. The van der Waals surface area contributed by atoms with Gasteiger partial charge in [-0.25, -0.2) is 0 Å². The van der Waals surface area contributed by atoms with Crippen LogP contribution in [0.2, 0.25) is 0 Å². The largest absolute Gasteiger partial charge is 0.312 e. The summed E-state index contributed by atoms with van der Waals surface area (Å²) in [4.78, 5) is 1.34. The zero-order valence-corrected chi connectivity index (χ0v) is 10.4. The van der Waals surface area contributed by atoms with Crippen molar-refractivity contribution in [3.8, 4) is 0 Å². The summed E-state index contributed by atoms with van der Waals surface area (Å²) in [6.45, 7) is 4.53. The van der Waals surface area contributed by atoms with Gasteiger partial charge in [0.1, 0.15) is 0 Å². The van der Waals surface area contributed by atoms with Crippen molar-refractivity contribution in [1.29, 1.82) is 0 Å². The summed E-state index contributed by atoms with van der Waals surface area (Å²) < 4.78 is 0. The summed E-state index contributed by atoms with van der Waals surface area (Å²) in [5, 5.41) is 3.53. The van der Waals surface area contributed by atoms with Crippen molar-refractivity contribution in [3.05, 3.63) is 29.8 Å². The van der Waals surface area contributed by atoms with Gasteiger partial charge in [-0.3, -0.25) is 0 Å². The van der Waals surface area contributed by atoms with Gasteiger partial charge in [0.25, 0.3) is 0 Å². The van der Waals surface area contributed by atoms with Gasteiger partial charge in [-0.05, 0) is 42.2 Å². The Kier molecular flexibility index (Phi) is 3.37. The predicted octanol–water partition coefficient (Wildman–Crippen LogP) is 3.30. The molecule has 0 aromatic heterocycles. The maximum absolute atomic E-state index is 3.53. The number of benzene rings is 1. The zero-order valence-electron chi connectivity index (χ0n) is 9.55. The van der Waals surface area contributed by atoms with Gasteiger partial charge in [-0.2, -0.15) is 0 Å². The quantitative estimate of drug-likeness (QED) is 0.766. The monoisotopic (exact) mass is 221 g/mol. The number of nitrogens with one attached hydrogen (secondary N) is 1. The smallest absolute Gasteiger partial charge is 0.0205 e. The lowest BCUT2D eigenvalue weighted by Gasteiger charge is -2.10. The van der Waals surface area contributed by atoms with Gasteiger partial charge >= 0.3 is 0 Å². The molecule has 1 aliphatic rings. The average molecular weight is 221 g/mol. The molecule has 1 aromatic carbocycles. The van der Waals surface area contributed by atoms with Gasteiger partial charge in [0, 0.05) is 18.0 Å². The van der Waals surface area contributed by atoms with Crippen LogP contribution in [0, 0.1) is 5.41 Å². The molecule has 1 aliphatic carbocycles. The van der Waals surface area contributed by atoms with Crippen LogP contribution in [0.4, 0.5) is 0 Å². The molecule has 0 bridgehead atoms. The fourth-order valence-corrected chi connectivity index (χ4v) is 2.05. The molecule has 2 heteroatoms. The van der Waals surface area contributed by atoms with Crippen LogP contribution in [0.25, 0.3) is 0 Å². The molecule has 0 unspecified atom stereocenters. The molecule has 0 amide bonds. The van der Waals surface area contributed by atoms with Crippen LogP contribution in [0.1, 0.15) is 25.3 Å². The fourth-order valence-electron chi connectivity index (χ4n) is 1.64. The van der Waals surface area contributed by atoms with E-state index in [2.05, 4.69) is 42.8 Å². The highest BCUT2D eigenvalue weighted by atomic mass is 32.2. The van der Waals surface area contributed by atoms with E-state index in [-0.39, 0.29) is 0 Å². The summed E-state index contributed by atoms with van der Waals surface area (Å²) in [6, 6.07) is 8.82. The molecule has 1 nitrogen and oxygen atoms in total. The lowest BCUT2D eigenvalue weighted by atomic mass is 10.1. The molecule has 0 aliphatic heterocycles.